The van der Waals surface area contributed by atoms with Gasteiger partial charge in [0, 0.05) is 6.42 Å². The number of anilines is 1. The number of hydrogen-bond acceptors (Lipinski definition) is 6. The molecule has 1 aliphatic carbocycles. The zero-order valence-corrected chi connectivity index (χ0v) is 10.5. The zero-order chi connectivity index (χ0) is 14.5. The van der Waals surface area contributed by atoms with Gasteiger partial charge < -0.3 is 15.0 Å². The van der Waals surface area contributed by atoms with Crippen LogP contribution >= 0.6 is 0 Å². The Morgan fingerprint density at radius 1 is 1.50 bits per heavy atom. The maximum Gasteiger partial charge on any atom is 0.311 e. The standard InChI is InChI=1S/C11H11F2N5O2/c1-20-10(19)5-2-11(12,13)7(5)18-4-17-6-8(14)15-3-16-9(6)18/h3-5,7H,2H2,1H3,(H2,14,15,16). The molecule has 3 rings (SSSR count). The molecule has 0 radical (unpaired) electrons. The summed E-state index contributed by atoms with van der Waals surface area (Å²) in [5, 5.41) is 0. The Morgan fingerprint density at radius 3 is 2.90 bits per heavy atom. The van der Waals surface area contributed by atoms with E-state index in [1.807, 2.05) is 0 Å². The fourth-order valence-corrected chi connectivity index (χ4v) is 2.49. The van der Waals surface area contributed by atoms with Crippen LogP contribution in [-0.4, -0.2) is 38.5 Å². The van der Waals surface area contributed by atoms with Crippen LogP contribution in [0.3, 0.4) is 0 Å². The summed E-state index contributed by atoms with van der Waals surface area (Å²) in [6.45, 7) is 0. The molecule has 1 saturated carbocycles. The van der Waals surface area contributed by atoms with E-state index in [0.717, 1.165) is 0 Å². The first-order valence-corrected chi connectivity index (χ1v) is 5.84. The highest BCUT2D eigenvalue weighted by atomic mass is 19.3. The first kappa shape index (κ1) is 12.7. The van der Waals surface area contributed by atoms with E-state index in [0.29, 0.717) is 0 Å². The topological polar surface area (TPSA) is 95.9 Å². The van der Waals surface area contributed by atoms with Crippen molar-refractivity contribution in [2.75, 3.05) is 12.8 Å². The molecule has 7 nitrogen and oxygen atoms in total. The van der Waals surface area contributed by atoms with Gasteiger partial charge in [0.05, 0.1) is 19.4 Å². The van der Waals surface area contributed by atoms with Crippen molar-refractivity contribution in [3.63, 3.8) is 0 Å². The highest BCUT2D eigenvalue weighted by molar-refractivity contribution is 5.82. The van der Waals surface area contributed by atoms with Crippen molar-refractivity contribution in [3.05, 3.63) is 12.7 Å². The van der Waals surface area contributed by atoms with E-state index in [-0.39, 0.29) is 17.0 Å². The number of nitrogen functional groups attached to an aromatic ring is 1. The Kier molecular flexibility index (Phi) is 2.59. The Balaban J connectivity index is 2.09. The van der Waals surface area contributed by atoms with Crippen molar-refractivity contribution >= 4 is 23.0 Å². The number of carbonyl (C=O) groups excluding carboxylic acids is 1. The molecular weight excluding hydrogens is 272 g/mol. The second kappa shape index (κ2) is 4.09. The number of fused-ring (bicyclic) bond motifs is 1. The van der Waals surface area contributed by atoms with Gasteiger partial charge in [-0.1, -0.05) is 0 Å². The molecule has 0 spiro atoms. The second-order valence-corrected chi connectivity index (χ2v) is 4.62. The van der Waals surface area contributed by atoms with Crippen LogP contribution in [0.1, 0.15) is 12.5 Å². The molecular formula is C11H11F2N5O2. The van der Waals surface area contributed by atoms with Crippen LogP contribution < -0.4 is 5.73 Å². The molecule has 2 N–H and O–H groups in total. The molecule has 9 heteroatoms. The normalized spacial score (nSPS) is 24.4. The molecule has 2 atom stereocenters. The van der Waals surface area contributed by atoms with Crippen molar-refractivity contribution in [2.45, 2.75) is 18.4 Å². The van der Waals surface area contributed by atoms with Gasteiger partial charge in [-0.3, -0.25) is 4.79 Å². The van der Waals surface area contributed by atoms with Crippen LogP contribution in [0.15, 0.2) is 12.7 Å². The van der Waals surface area contributed by atoms with Gasteiger partial charge in [-0.25, -0.2) is 23.7 Å². The third-order valence-corrected chi connectivity index (χ3v) is 3.50. The third-order valence-electron chi connectivity index (χ3n) is 3.50. The van der Waals surface area contributed by atoms with E-state index in [4.69, 9.17) is 5.73 Å². The van der Waals surface area contributed by atoms with Gasteiger partial charge in [0.1, 0.15) is 17.9 Å². The van der Waals surface area contributed by atoms with E-state index < -0.39 is 30.3 Å². The fourth-order valence-electron chi connectivity index (χ4n) is 2.49. The van der Waals surface area contributed by atoms with Crippen LogP contribution in [-0.2, 0) is 9.53 Å². The fraction of sp³-hybridized carbons (Fsp3) is 0.455. The maximum absolute atomic E-state index is 13.8. The highest BCUT2D eigenvalue weighted by Gasteiger charge is 2.61. The minimum Gasteiger partial charge on any atom is -0.469 e. The third kappa shape index (κ3) is 1.62. The van der Waals surface area contributed by atoms with Gasteiger partial charge in [0.2, 0.25) is 0 Å². The lowest BCUT2D eigenvalue weighted by Crippen LogP contribution is -2.52. The smallest absolute Gasteiger partial charge is 0.311 e. The number of aromatic nitrogens is 4. The number of methoxy groups -OCH3 is 1. The second-order valence-electron chi connectivity index (χ2n) is 4.62. The summed E-state index contributed by atoms with van der Waals surface area (Å²) in [6, 6.07) is -1.37. The molecule has 2 aromatic heterocycles. The minimum atomic E-state index is -3.02. The number of nitrogens with zero attached hydrogens (tertiary/aromatic N) is 4. The SMILES string of the molecule is COC(=O)C1CC(F)(F)C1n1cnc2c(N)ncnc21. The van der Waals surface area contributed by atoms with E-state index >= 15 is 0 Å². The number of hydrogen-bond donors (Lipinski definition) is 1. The van der Waals surface area contributed by atoms with Gasteiger partial charge in [-0.05, 0) is 0 Å². The molecule has 20 heavy (non-hydrogen) atoms. The van der Waals surface area contributed by atoms with E-state index in [1.54, 1.807) is 0 Å². The minimum absolute atomic E-state index is 0.103. The summed E-state index contributed by atoms with van der Waals surface area (Å²) in [4.78, 5) is 23.1. The lowest BCUT2D eigenvalue weighted by molar-refractivity contribution is -0.190. The number of imidazole rings is 1. The first-order chi connectivity index (χ1) is 9.45. The monoisotopic (exact) mass is 283 g/mol. The molecule has 2 unspecified atom stereocenters. The van der Waals surface area contributed by atoms with Crippen molar-refractivity contribution in [1.29, 1.82) is 0 Å². The lowest BCUT2D eigenvalue weighted by atomic mass is 9.75. The number of nitrogens with two attached hydrogens (primary N) is 1. The average molecular weight is 283 g/mol. The average Bonchev–Trinajstić information content (AvgIpc) is 2.81. The quantitative estimate of drug-likeness (QED) is 0.818. The predicted molar refractivity (Wildman–Crippen MR) is 63.8 cm³/mol. The van der Waals surface area contributed by atoms with E-state index in [2.05, 4.69) is 19.7 Å². The summed E-state index contributed by atoms with van der Waals surface area (Å²) < 4.78 is 33.3. The van der Waals surface area contributed by atoms with Gasteiger partial charge >= 0.3 is 5.97 Å². The molecule has 2 heterocycles. The summed E-state index contributed by atoms with van der Waals surface area (Å²) in [5.41, 5.74) is 6.02. The molecule has 0 aromatic carbocycles. The number of halogens is 2. The number of carbonyl (C=O) groups is 1. The number of ether oxygens (including phenoxy) is 1. The summed E-state index contributed by atoms with van der Waals surface area (Å²) in [7, 11) is 1.17. The highest BCUT2D eigenvalue weighted by Crippen LogP contribution is 2.52. The van der Waals surface area contributed by atoms with Gasteiger partial charge in [0.15, 0.2) is 11.5 Å². The molecule has 1 fully saturated rings. The van der Waals surface area contributed by atoms with E-state index in [9.17, 15) is 13.6 Å². The van der Waals surface area contributed by atoms with Crippen molar-refractivity contribution in [1.82, 2.24) is 19.5 Å². The lowest BCUT2D eigenvalue weighted by Gasteiger charge is -2.42. The van der Waals surface area contributed by atoms with E-state index in [1.165, 1.54) is 24.3 Å². The first-order valence-electron chi connectivity index (χ1n) is 5.84. The number of esters is 1. The van der Waals surface area contributed by atoms with Gasteiger partial charge in [0.25, 0.3) is 5.92 Å². The van der Waals surface area contributed by atoms with Crippen LogP contribution in [0.4, 0.5) is 14.6 Å². The molecule has 1 aliphatic rings. The van der Waals surface area contributed by atoms with Gasteiger partial charge in [-0.2, -0.15) is 0 Å². The summed E-state index contributed by atoms with van der Waals surface area (Å²) >= 11 is 0. The molecule has 0 amide bonds. The Hall–Kier alpha value is -2.32. The Morgan fingerprint density at radius 2 is 2.25 bits per heavy atom. The molecule has 0 aliphatic heterocycles. The Labute approximate surface area is 111 Å². The van der Waals surface area contributed by atoms with Crippen molar-refractivity contribution < 1.29 is 18.3 Å². The molecule has 0 saturated heterocycles. The van der Waals surface area contributed by atoms with Crippen LogP contribution in [0.25, 0.3) is 11.2 Å². The van der Waals surface area contributed by atoms with Crippen molar-refractivity contribution in [3.8, 4) is 0 Å². The molecule has 106 valence electrons. The molecule has 0 bridgehead atoms. The Bertz CT molecular complexity index is 687. The van der Waals surface area contributed by atoms with Gasteiger partial charge in [-0.15, -0.1) is 0 Å². The number of rotatable bonds is 2. The zero-order valence-electron chi connectivity index (χ0n) is 10.5. The predicted octanol–water partition coefficient (Wildman–Crippen LogP) is 0.778. The maximum atomic E-state index is 13.8. The number of alkyl halides is 2. The van der Waals surface area contributed by atoms with Crippen LogP contribution in [0, 0.1) is 5.92 Å². The largest absolute Gasteiger partial charge is 0.469 e. The molecule has 2 aromatic rings. The van der Waals surface area contributed by atoms with Crippen LogP contribution in [0.2, 0.25) is 0 Å². The summed E-state index contributed by atoms with van der Waals surface area (Å²) in [6.07, 6.45) is 1.81. The summed E-state index contributed by atoms with van der Waals surface area (Å²) in [5.74, 6) is -4.52. The van der Waals surface area contributed by atoms with Crippen LogP contribution in [0.5, 0.6) is 0 Å². The van der Waals surface area contributed by atoms with Crippen molar-refractivity contribution in [2.24, 2.45) is 5.92 Å².